The lowest BCUT2D eigenvalue weighted by atomic mass is 10.0. The Kier molecular flexibility index (Phi) is 9.22. The summed E-state index contributed by atoms with van der Waals surface area (Å²) in [6, 6.07) is 15.8. The highest BCUT2D eigenvalue weighted by atomic mass is 16.2. The molecule has 16 heteroatoms. The van der Waals surface area contributed by atoms with Crippen LogP contribution in [0.15, 0.2) is 79.3 Å². The number of amides is 6. The molecule has 3 aliphatic rings. The Labute approximate surface area is 314 Å². The van der Waals surface area contributed by atoms with Crippen LogP contribution < -0.4 is 21.7 Å². The van der Waals surface area contributed by atoms with Crippen LogP contribution in [0.4, 0.5) is 17.3 Å². The third-order valence-corrected chi connectivity index (χ3v) is 10.2. The number of nitrogen functional groups attached to an aromatic ring is 1. The number of piperidine rings is 1. The number of benzene rings is 2. The average Bonchev–Trinajstić information content (AvgIpc) is 3.90. The van der Waals surface area contributed by atoms with Gasteiger partial charge in [0.15, 0.2) is 0 Å². The standard InChI is InChI=1S/C39H36N10O6/c40-34-33-32(22-11-13-23(14-12-22)36(52)44-28-9-1-2-17-42-28)46-35(48(33)21-19-43-34)26-8-5-20-47(26)30(51)10-4-18-41-25-7-3-6-24-31(25)39(55)49(38(24)54)27-15-16-29(50)45-37(27)53/h1-3,6-7,9,11-14,17,19,21,26-27,41H,4-5,8,10,15-16,18,20H2,(H2,40,43)(H,42,44,52)(H,45,50,53)/t26-,27?/m0/s1. The van der Waals surface area contributed by atoms with Gasteiger partial charge in [0.25, 0.3) is 17.7 Å². The number of anilines is 3. The zero-order valence-electron chi connectivity index (χ0n) is 29.5. The zero-order valence-corrected chi connectivity index (χ0v) is 29.5. The molecule has 0 spiro atoms. The molecule has 0 aliphatic carbocycles. The van der Waals surface area contributed by atoms with E-state index in [4.69, 9.17) is 10.7 Å². The van der Waals surface area contributed by atoms with E-state index >= 15 is 0 Å². The molecule has 5 aromatic rings. The minimum Gasteiger partial charge on any atom is -0.384 e. The van der Waals surface area contributed by atoms with E-state index in [1.807, 2.05) is 9.30 Å². The van der Waals surface area contributed by atoms with Crippen molar-refractivity contribution < 1.29 is 28.8 Å². The Hall–Kier alpha value is -6.97. The molecule has 8 rings (SSSR count). The van der Waals surface area contributed by atoms with E-state index in [1.165, 1.54) is 6.07 Å². The minimum absolute atomic E-state index is 0.0351. The van der Waals surface area contributed by atoms with Crippen LogP contribution >= 0.6 is 0 Å². The van der Waals surface area contributed by atoms with Crippen molar-refractivity contribution in [3.05, 3.63) is 102 Å². The summed E-state index contributed by atoms with van der Waals surface area (Å²) in [6.07, 6.45) is 7.23. The molecule has 1 unspecified atom stereocenters. The van der Waals surface area contributed by atoms with Gasteiger partial charge < -0.3 is 21.3 Å². The van der Waals surface area contributed by atoms with Crippen molar-refractivity contribution in [2.75, 3.05) is 29.5 Å². The van der Waals surface area contributed by atoms with E-state index in [9.17, 15) is 28.8 Å². The fraction of sp³-hybridized carbons (Fsp3) is 0.256. The molecule has 3 aliphatic heterocycles. The molecular weight excluding hydrogens is 704 g/mol. The highest BCUT2D eigenvalue weighted by molar-refractivity contribution is 6.25. The van der Waals surface area contributed by atoms with Crippen molar-refractivity contribution in [1.29, 1.82) is 0 Å². The van der Waals surface area contributed by atoms with E-state index in [-0.39, 0.29) is 54.1 Å². The maximum atomic E-state index is 13.7. The second kappa shape index (κ2) is 14.5. The van der Waals surface area contributed by atoms with E-state index in [1.54, 1.807) is 73.2 Å². The predicted octanol–water partition coefficient (Wildman–Crippen LogP) is 3.58. The first-order valence-electron chi connectivity index (χ1n) is 18.0. The Morgan fingerprint density at radius 1 is 0.909 bits per heavy atom. The summed E-state index contributed by atoms with van der Waals surface area (Å²) in [5, 5.41) is 8.20. The number of nitrogens with two attached hydrogens (primary N) is 1. The summed E-state index contributed by atoms with van der Waals surface area (Å²) in [4.78, 5) is 93.6. The van der Waals surface area contributed by atoms with Gasteiger partial charge in [-0.25, -0.2) is 15.0 Å². The van der Waals surface area contributed by atoms with Crippen molar-refractivity contribution in [3.63, 3.8) is 0 Å². The number of fused-ring (bicyclic) bond motifs is 2. The first kappa shape index (κ1) is 35.1. The second-order valence-corrected chi connectivity index (χ2v) is 13.5. The normalized spacial score (nSPS) is 18.1. The van der Waals surface area contributed by atoms with Gasteiger partial charge in [-0.05, 0) is 62.1 Å². The van der Waals surface area contributed by atoms with Crippen molar-refractivity contribution in [1.82, 2.24) is 34.5 Å². The molecule has 2 saturated heterocycles. The first-order chi connectivity index (χ1) is 26.7. The number of nitrogens with one attached hydrogen (secondary N) is 3. The van der Waals surface area contributed by atoms with Crippen LogP contribution in [0.5, 0.6) is 0 Å². The summed E-state index contributed by atoms with van der Waals surface area (Å²) >= 11 is 0. The molecule has 55 heavy (non-hydrogen) atoms. The maximum absolute atomic E-state index is 13.7. The van der Waals surface area contributed by atoms with E-state index in [0.29, 0.717) is 60.0 Å². The molecule has 2 aromatic carbocycles. The Bertz CT molecular complexity index is 2380. The van der Waals surface area contributed by atoms with Gasteiger partial charge in [0.1, 0.15) is 34.7 Å². The van der Waals surface area contributed by atoms with Crippen LogP contribution in [0.1, 0.15) is 81.5 Å². The van der Waals surface area contributed by atoms with Crippen LogP contribution in [0.3, 0.4) is 0 Å². The second-order valence-electron chi connectivity index (χ2n) is 13.5. The molecule has 0 saturated carbocycles. The number of likely N-dealkylation sites (tertiary alicyclic amines) is 1. The number of carbonyl (C=O) groups is 6. The van der Waals surface area contributed by atoms with Crippen molar-refractivity contribution >= 4 is 58.3 Å². The summed E-state index contributed by atoms with van der Waals surface area (Å²) in [6.45, 7) is 0.899. The summed E-state index contributed by atoms with van der Waals surface area (Å²) < 4.78 is 1.88. The van der Waals surface area contributed by atoms with Crippen LogP contribution in [0.25, 0.3) is 16.8 Å². The smallest absolute Gasteiger partial charge is 0.264 e. The predicted molar refractivity (Wildman–Crippen MR) is 200 cm³/mol. The third kappa shape index (κ3) is 6.51. The number of hydrogen-bond donors (Lipinski definition) is 4. The maximum Gasteiger partial charge on any atom is 0.264 e. The van der Waals surface area contributed by atoms with E-state index in [0.717, 1.165) is 16.9 Å². The molecule has 6 heterocycles. The molecule has 16 nitrogen and oxygen atoms in total. The number of imide groups is 2. The Morgan fingerprint density at radius 3 is 2.53 bits per heavy atom. The summed E-state index contributed by atoms with van der Waals surface area (Å²) in [5.74, 6) is -1.26. The number of pyridine rings is 1. The van der Waals surface area contributed by atoms with Crippen molar-refractivity contribution in [2.24, 2.45) is 0 Å². The van der Waals surface area contributed by atoms with Gasteiger partial charge in [0, 0.05) is 61.3 Å². The number of nitrogens with zero attached hydrogens (tertiary/aromatic N) is 6. The van der Waals surface area contributed by atoms with Gasteiger partial charge >= 0.3 is 0 Å². The lowest BCUT2D eigenvalue weighted by molar-refractivity contribution is -0.136. The SMILES string of the molecule is Nc1nccn2c([C@@H]3CCCN3C(=O)CCCNc3cccc4c3C(=O)N(C3CCC(=O)NC3=O)C4=O)nc(-c3ccc(C(=O)Nc4ccccn4)cc3)c12. The van der Waals surface area contributed by atoms with E-state index in [2.05, 4.69) is 25.9 Å². The monoisotopic (exact) mass is 740 g/mol. The lowest BCUT2D eigenvalue weighted by Gasteiger charge is -2.27. The van der Waals surface area contributed by atoms with Crippen LogP contribution in [0, 0.1) is 0 Å². The number of carbonyl (C=O) groups excluding carboxylic acids is 6. The quantitative estimate of drug-likeness (QED) is 0.120. The van der Waals surface area contributed by atoms with Gasteiger partial charge in [-0.3, -0.25) is 43.4 Å². The Morgan fingerprint density at radius 2 is 1.75 bits per heavy atom. The highest BCUT2D eigenvalue weighted by Crippen LogP contribution is 2.37. The minimum atomic E-state index is -1.06. The first-order valence-corrected chi connectivity index (χ1v) is 18.0. The largest absolute Gasteiger partial charge is 0.384 e. The van der Waals surface area contributed by atoms with Gasteiger partial charge in [-0.1, -0.05) is 24.3 Å². The van der Waals surface area contributed by atoms with Crippen molar-refractivity contribution in [3.8, 4) is 11.3 Å². The fourth-order valence-electron chi connectivity index (χ4n) is 7.53. The summed E-state index contributed by atoms with van der Waals surface area (Å²) in [5.41, 5.74) is 9.54. The fourth-order valence-corrected chi connectivity index (χ4v) is 7.53. The lowest BCUT2D eigenvalue weighted by Crippen LogP contribution is -2.54. The molecule has 6 amide bonds. The Balaban J connectivity index is 0.943. The zero-order chi connectivity index (χ0) is 38.2. The van der Waals surface area contributed by atoms with Gasteiger partial charge in [-0.2, -0.15) is 0 Å². The molecule has 0 radical (unpaired) electrons. The van der Waals surface area contributed by atoms with Gasteiger partial charge in [0.05, 0.1) is 17.2 Å². The molecule has 278 valence electrons. The van der Waals surface area contributed by atoms with Gasteiger partial charge in [-0.15, -0.1) is 0 Å². The molecule has 5 N–H and O–H groups in total. The third-order valence-electron chi connectivity index (χ3n) is 10.2. The summed E-state index contributed by atoms with van der Waals surface area (Å²) in [7, 11) is 0. The molecular formula is C39H36N10O6. The van der Waals surface area contributed by atoms with E-state index < -0.39 is 29.7 Å². The number of aromatic nitrogens is 4. The van der Waals surface area contributed by atoms with Crippen molar-refractivity contribution in [2.45, 2.75) is 50.6 Å². The highest BCUT2D eigenvalue weighted by Gasteiger charge is 2.45. The number of rotatable bonds is 10. The number of imidazole rings is 1. The topological polar surface area (TPSA) is 214 Å². The molecule has 3 aromatic heterocycles. The average molecular weight is 741 g/mol. The van der Waals surface area contributed by atoms with Crippen LogP contribution in [-0.4, -0.2) is 83.7 Å². The van der Waals surface area contributed by atoms with Crippen LogP contribution in [-0.2, 0) is 14.4 Å². The molecule has 2 fully saturated rings. The van der Waals surface area contributed by atoms with Gasteiger partial charge in [0.2, 0.25) is 17.7 Å². The molecule has 0 bridgehead atoms. The molecule has 2 atom stereocenters. The number of hydrogen-bond acceptors (Lipinski definition) is 11. The van der Waals surface area contributed by atoms with Crippen LogP contribution in [0.2, 0.25) is 0 Å².